The van der Waals surface area contributed by atoms with Gasteiger partial charge in [-0.3, -0.25) is 0 Å². The van der Waals surface area contributed by atoms with Crippen molar-refractivity contribution in [2.24, 2.45) is 0 Å². The molecule has 1 unspecified atom stereocenters. The maximum Gasteiger partial charge on any atom is 0.130 e. The van der Waals surface area contributed by atoms with Gasteiger partial charge in [0.2, 0.25) is 0 Å². The molecule has 1 heterocycles. The Bertz CT molecular complexity index is 519. The summed E-state index contributed by atoms with van der Waals surface area (Å²) < 4.78 is 14.9. The minimum absolute atomic E-state index is 0.220. The lowest BCUT2D eigenvalue weighted by Gasteiger charge is -2.11. The summed E-state index contributed by atoms with van der Waals surface area (Å²) in [5, 5.41) is 10.7. The van der Waals surface area contributed by atoms with Gasteiger partial charge in [0.15, 0.2) is 0 Å². The van der Waals surface area contributed by atoms with Gasteiger partial charge in [0, 0.05) is 14.9 Å². The van der Waals surface area contributed by atoms with E-state index >= 15 is 0 Å². The second kappa shape index (κ2) is 5.36. The number of hydrogen-bond donors (Lipinski definition) is 1. The van der Waals surface area contributed by atoms with Gasteiger partial charge < -0.3 is 5.11 Å². The Balaban J connectivity index is 2.47. The van der Waals surface area contributed by atoms with E-state index in [2.05, 4.69) is 31.9 Å². The normalized spacial score (nSPS) is 12.8. The third kappa shape index (κ3) is 2.74. The van der Waals surface area contributed by atoms with Gasteiger partial charge in [-0.2, -0.15) is 0 Å². The van der Waals surface area contributed by atoms with Gasteiger partial charge in [-0.25, -0.2) is 4.39 Å². The molecule has 0 saturated carbocycles. The predicted octanol–water partition coefficient (Wildman–Crippen LogP) is 5.15. The van der Waals surface area contributed by atoms with Crippen molar-refractivity contribution in [3.8, 4) is 0 Å². The Morgan fingerprint density at radius 1 is 1.35 bits per heavy atom. The number of benzene rings is 1. The van der Waals surface area contributed by atoms with Gasteiger partial charge >= 0.3 is 0 Å². The Labute approximate surface area is 123 Å². The molecule has 0 fully saturated rings. The van der Waals surface area contributed by atoms with Crippen molar-refractivity contribution in [2.45, 2.75) is 6.10 Å². The summed E-state index contributed by atoms with van der Waals surface area (Å²) in [4.78, 5) is 0.590. The standard InChI is InChI=1S/C11H6Br2ClFOS/c12-5-2-1-3-7(15)9(5)10(16)8-4-6(14)11(13)17-8/h1-4,10,16H. The maximum atomic E-state index is 13.7. The monoisotopic (exact) mass is 398 g/mol. The van der Waals surface area contributed by atoms with E-state index in [-0.39, 0.29) is 5.56 Å². The van der Waals surface area contributed by atoms with Crippen LogP contribution in [0.2, 0.25) is 5.02 Å². The predicted molar refractivity (Wildman–Crippen MR) is 75.2 cm³/mol. The molecular weight excluding hydrogens is 394 g/mol. The highest BCUT2D eigenvalue weighted by Crippen LogP contribution is 2.39. The van der Waals surface area contributed by atoms with E-state index < -0.39 is 11.9 Å². The third-order valence-corrected chi connectivity index (χ3v) is 5.43. The van der Waals surface area contributed by atoms with E-state index in [4.69, 9.17) is 11.6 Å². The van der Waals surface area contributed by atoms with Crippen molar-refractivity contribution < 1.29 is 9.50 Å². The zero-order valence-corrected chi connectivity index (χ0v) is 13.0. The van der Waals surface area contributed by atoms with E-state index in [1.807, 2.05) is 0 Å². The molecule has 2 aromatic rings. The number of aliphatic hydroxyl groups is 1. The Morgan fingerprint density at radius 3 is 2.59 bits per heavy atom. The fourth-order valence-electron chi connectivity index (χ4n) is 1.41. The molecule has 0 aliphatic rings. The first-order chi connectivity index (χ1) is 8.00. The topological polar surface area (TPSA) is 20.2 Å². The van der Waals surface area contributed by atoms with Crippen LogP contribution < -0.4 is 0 Å². The van der Waals surface area contributed by atoms with Crippen LogP contribution >= 0.6 is 54.8 Å². The van der Waals surface area contributed by atoms with Gasteiger partial charge in [-0.15, -0.1) is 11.3 Å². The van der Waals surface area contributed by atoms with Crippen molar-refractivity contribution in [3.05, 3.63) is 53.8 Å². The molecule has 17 heavy (non-hydrogen) atoms. The van der Waals surface area contributed by atoms with Gasteiger partial charge in [-0.05, 0) is 34.1 Å². The molecule has 1 nitrogen and oxygen atoms in total. The fraction of sp³-hybridized carbons (Fsp3) is 0.0909. The van der Waals surface area contributed by atoms with Gasteiger partial charge in [0.05, 0.1) is 8.81 Å². The lowest BCUT2D eigenvalue weighted by molar-refractivity contribution is 0.218. The second-order valence-corrected chi connectivity index (χ2v) is 6.97. The largest absolute Gasteiger partial charge is 0.383 e. The van der Waals surface area contributed by atoms with Crippen molar-refractivity contribution in [1.82, 2.24) is 0 Å². The molecule has 0 radical (unpaired) electrons. The Kier molecular flexibility index (Phi) is 4.26. The summed E-state index contributed by atoms with van der Waals surface area (Å²) in [5.41, 5.74) is 0.220. The molecule has 0 aliphatic heterocycles. The minimum atomic E-state index is -1.03. The first-order valence-corrected chi connectivity index (χ1v) is 7.35. The van der Waals surface area contributed by atoms with Gasteiger partial charge in [-0.1, -0.05) is 33.6 Å². The molecule has 0 amide bonds. The third-order valence-electron chi connectivity index (χ3n) is 2.21. The molecular formula is C11H6Br2ClFOS. The Morgan fingerprint density at radius 2 is 2.06 bits per heavy atom. The minimum Gasteiger partial charge on any atom is -0.383 e. The van der Waals surface area contributed by atoms with Crippen LogP contribution in [0.15, 0.2) is 32.5 Å². The van der Waals surface area contributed by atoms with Crippen LogP contribution in [0.25, 0.3) is 0 Å². The molecule has 90 valence electrons. The lowest BCUT2D eigenvalue weighted by atomic mass is 10.1. The van der Waals surface area contributed by atoms with E-state index in [1.54, 1.807) is 18.2 Å². The molecule has 1 N–H and O–H groups in total. The van der Waals surface area contributed by atoms with Crippen LogP contribution in [0.4, 0.5) is 4.39 Å². The highest BCUT2D eigenvalue weighted by atomic mass is 79.9. The van der Waals surface area contributed by atoms with Crippen molar-refractivity contribution in [3.63, 3.8) is 0 Å². The zero-order valence-electron chi connectivity index (χ0n) is 8.25. The average Bonchev–Trinajstić information content (AvgIpc) is 2.59. The molecule has 2 rings (SSSR count). The van der Waals surface area contributed by atoms with Crippen molar-refractivity contribution in [1.29, 1.82) is 0 Å². The van der Waals surface area contributed by atoms with Crippen LogP contribution in [-0.4, -0.2) is 5.11 Å². The van der Waals surface area contributed by atoms with E-state index in [1.165, 1.54) is 17.4 Å². The molecule has 6 heteroatoms. The van der Waals surface area contributed by atoms with Crippen molar-refractivity contribution in [2.75, 3.05) is 0 Å². The molecule has 0 bridgehead atoms. The van der Waals surface area contributed by atoms with Crippen LogP contribution in [0.5, 0.6) is 0 Å². The Hall–Kier alpha value is 0.0600. The number of hydrogen-bond acceptors (Lipinski definition) is 2. The smallest absolute Gasteiger partial charge is 0.130 e. The summed E-state index contributed by atoms with van der Waals surface area (Å²) in [6.07, 6.45) is -1.03. The highest BCUT2D eigenvalue weighted by molar-refractivity contribution is 9.11. The lowest BCUT2D eigenvalue weighted by Crippen LogP contribution is -2.01. The molecule has 0 aliphatic carbocycles. The summed E-state index contributed by atoms with van der Waals surface area (Å²) in [6.45, 7) is 0. The number of rotatable bonds is 2. The quantitative estimate of drug-likeness (QED) is 0.739. The van der Waals surface area contributed by atoms with Crippen LogP contribution in [0.1, 0.15) is 16.5 Å². The molecule has 1 atom stereocenters. The molecule has 1 aromatic carbocycles. The van der Waals surface area contributed by atoms with E-state index in [9.17, 15) is 9.50 Å². The summed E-state index contributed by atoms with van der Waals surface area (Å²) in [6, 6.07) is 6.20. The second-order valence-electron chi connectivity index (χ2n) is 3.31. The van der Waals surface area contributed by atoms with Crippen LogP contribution in [0.3, 0.4) is 0 Å². The zero-order chi connectivity index (χ0) is 12.6. The van der Waals surface area contributed by atoms with Gasteiger partial charge in [0.1, 0.15) is 11.9 Å². The highest BCUT2D eigenvalue weighted by Gasteiger charge is 2.20. The van der Waals surface area contributed by atoms with Crippen molar-refractivity contribution >= 4 is 54.8 Å². The average molecular weight is 400 g/mol. The van der Waals surface area contributed by atoms with E-state index in [0.29, 0.717) is 14.4 Å². The van der Waals surface area contributed by atoms with E-state index in [0.717, 1.165) is 3.79 Å². The first kappa shape index (κ1) is 13.5. The fourth-order valence-corrected chi connectivity index (χ4v) is 3.71. The van der Waals surface area contributed by atoms with Gasteiger partial charge in [0.25, 0.3) is 0 Å². The molecule has 1 aromatic heterocycles. The number of aliphatic hydroxyl groups excluding tert-OH is 1. The molecule has 0 spiro atoms. The summed E-state index contributed by atoms with van der Waals surface area (Å²) in [7, 11) is 0. The maximum absolute atomic E-state index is 13.7. The van der Waals surface area contributed by atoms with Crippen LogP contribution in [0, 0.1) is 5.82 Å². The SMILES string of the molecule is OC(c1cc(Cl)c(Br)s1)c1c(F)cccc1Br. The molecule has 0 saturated heterocycles. The summed E-state index contributed by atoms with van der Waals surface area (Å²) >= 11 is 13.7. The number of thiophene rings is 1. The van der Waals surface area contributed by atoms with Crippen LogP contribution in [-0.2, 0) is 0 Å². The number of halogens is 4. The first-order valence-electron chi connectivity index (χ1n) is 4.57. The summed E-state index contributed by atoms with van der Waals surface area (Å²) in [5.74, 6) is -0.451.